The third-order valence-electron chi connectivity index (χ3n) is 2.23. The van der Waals surface area contributed by atoms with E-state index < -0.39 is 9.84 Å². The molecule has 19 heavy (non-hydrogen) atoms. The van der Waals surface area contributed by atoms with Crippen LogP contribution in [-0.4, -0.2) is 24.6 Å². The first-order chi connectivity index (χ1) is 8.88. The van der Waals surface area contributed by atoms with Gasteiger partial charge in [0.05, 0.1) is 11.2 Å². The van der Waals surface area contributed by atoms with Crippen molar-refractivity contribution in [2.75, 3.05) is 6.26 Å². The molecular weight excluding hydrogens is 336 g/mol. The standard InChI is InChI=1S/C11H9BrN2O4S/c1-19(16,17)8-4-2-7(3-5-8)18-11-9(12)10(15)13-6-14-11/h2-6H,1H3,(H,13,14,15). The average molecular weight is 345 g/mol. The predicted molar refractivity (Wildman–Crippen MR) is 72.2 cm³/mol. The van der Waals surface area contributed by atoms with Gasteiger partial charge in [0.2, 0.25) is 5.88 Å². The van der Waals surface area contributed by atoms with Gasteiger partial charge in [0, 0.05) is 6.26 Å². The van der Waals surface area contributed by atoms with E-state index in [9.17, 15) is 13.2 Å². The van der Waals surface area contributed by atoms with Crippen LogP contribution in [0.5, 0.6) is 11.6 Å². The molecule has 0 unspecified atom stereocenters. The van der Waals surface area contributed by atoms with E-state index in [0.29, 0.717) is 5.75 Å². The van der Waals surface area contributed by atoms with Gasteiger partial charge in [-0.15, -0.1) is 0 Å². The number of nitrogens with zero attached hydrogens (tertiary/aromatic N) is 1. The molecule has 0 radical (unpaired) electrons. The first-order valence-corrected chi connectivity index (χ1v) is 7.77. The van der Waals surface area contributed by atoms with Crippen molar-refractivity contribution < 1.29 is 13.2 Å². The molecule has 0 aliphatic heterocycles. The van der Waals surface area contributed by atoms with E-state index in [-0.39, 0.29) is 20.8 Å². The normalized spacial score (nSPS) is 11.3. The van der Waals surface area contributed by atoms with Gasteiger partial charge in [-0.05, 0) is 40.2 Å². The van der Waals surface area contributed by atoms with E-state index in [1.54, 1.807) is 0 Å². The number of hydrogen-bond donors (Lipinski definition) is 1. The number of aromatic amines is 1. The minimum absolute atomic E-state index is 0.107. The number of rotatable bonds is 3. The highest BCUT2D eigenvalue weighted by molar-refractivity contribution is 9.10. The van der Waals surface area contributed by atoms with Crippen LogP contribution in [-0.2, 0) is 9.84 Å². The fourth-order valence-electron chi connectivity index (χ4n) is 1.30. The van der Waals surface area contributed by atoms with E-state index in [1.165, 1.54) is 30.6 Å². The largest absolute Gasteiger partial charge is 0.438 e. The Morgan fingerprint density at radius 2 is 1.89 bits per heavy atom. The molecule has 6 nitrogen and oxygen atoms in total. The molecule has 0 spiro atoms. The van der Waals surface area contributed by atoms with Crippen LogP contribution in [0.3, 0.4) is 0 Å². The van der Waals surface area contributed by atoms with Gasteiger partial charge in [-0.1, -0.05) is 0 Å². The lowest BCUT2D eigenvalue weighted by Crippen LogP contribution is -2.08. The summed E-state index contributed by atoms with van der Waals surface area (Å²) in [5.74, 6) is 0.488. The molecule has 2 rings (SSSR count). The van der Waals surface area contributed by atoms with E-state index in [1.807, 2.05) is 0 Å². The summed E-state index contributed by atoms with van der Waals surface area (Å²) in [4.78, 5) is 17.8. The number of aromatic nitrogens is 2. The molecular formula is C11H9BrN2O4S. The molecule has 0 bridgehead atoms. The van der Waals surface area contributed by atoms with Gasteiger partial charge in [0.15, 0.2) is 9.84 Å². The lowest BCUT2D eigenvalue weighted by molar-refractivity contribution is 0.456. The summed E-state index contributed by atoms with van der Waals surface area (Å²) < 4.78 is 28.1. The average Bonchev–Trinajstić information content (AvgIpc) is 2.35. The molecule has 0 aliphatic carbocycles. The molecule has 0 aliphatic rings. The highest BCUT2D eigenvalue weighted by Crippen LogP contribution is 2.24. The number of benzene rings is 1. The van der Waals surface area contributed by atoms with Crippen LogP contribution in [0.1, 0.15) is 0 Å². The number of halogens is 1. The molecule has 0 fully saturated rings. The van der Waals surface area contributed by atoms with Gasteiger partial charge in [-0.2, -0.15) is 0 Å². The Morgan fingerprint density at radius 1 is 1.26 bits per heavy atom. The third-order valence-corrected chi connectivity index (χ3v) is 4.06. The predicted octanol–water partition coefficient (Wildman–Crippen LogP) is 1.73. The second kappa shape index (κ2) is 5.14. The van der Waals surface area contributed by atoms with Gasteiger partial charge < -0.3 is 9.72 Å². The summed E-state index contributed by atoms with van der Waals surface area (Å²) >= 11 is 3.06. The number of nitrogens with one attached hydrogen (secondary N) is 1. The molecule has 2 aromatic rings. The van der Waals surface area contributed by atoms with Crippen molar-refractivity contribution in [3.8, 4) is 11.6 Å². The minimum Gasteiger partial charge on any atom is -0.438 e. The Balaban J connectivity index is 2.30. The zero-order valence-electron chi connectivity index (χ0n) is 9.75. The fourth-order valence-corrected chi connectivity index (χ4v) is 2.23. The summed E-state index contributed by atoms with van der Waals surface area (Å²) in [5.41, 5.74) is -0.363. The lowest BCUT2D eigenvalue weighted by atomic mass is 10.3. The maximum Gasteiger partial charge on any atom is 0.268 e. The molecule has 100 valence electrons. The van der Waals surface area contributed by atoms with Gasteiger partial charge >= 0.3 is 0 Å². The first-order valence-electron chi connectivity index (χ1n) is 5.09. The zero-order valence-corrected chi connectivity index (χ0v) is 12.2. The second-order valence-corrected chi connectivity index (χ2v) is 6.51. The zero-order chi connectivity index (χ0) is 14.0. The van der Waals surface area contributed by atoms with E-state index >= 15 is 0 Å². The van der Waals surface area contributed by atoms with E-state index in [4.69, 9.17) is 4.74 Å². The van der Waals surface area contributed by atoms with Crippen LogP contribution in [0.2, 0.25) is 0 Å². The van der Waals surface area contributed by atoms with Crippen molar-refractivity contribution >= 4 is 25.8 Å². The van der Waals surface area contributed by atoms with Gasteiger partial charge in [-0.25, -0.2) is 13.4 Å². The summed E-state index contributed by atoms with van der Waals surface area (Å²) in [6, 6.07) is 5.83. The van der Waals surface area contributed by atoms with Crippen molar-refractivity contribution in [1.29, 1.82) is 0 Å². The molecule has 0 saturated carbocycles. The van der Waals surface area contributed by atoms with Crippen molar-refractivity contribution in [2.45, 2.75) is 4.90 Å². The van der Waals surface area contributed by atoms with Crippen molar-refractivity contribution in [1.82, 2.24) is 9.97 Å². The highest BCUT2D eigenvalue weighted by Gasteiger charge is 2.10. The number of sulfone groups is 1. The van der Waals surface area contributed by atoms with Crippen LogP contribution in [0.4, 0.5) is 0 Å². The summed E-state index contributed by atoms with van der Waals surface area (Å²) in [7, 11) is -3.24. The molecule has 1 aromatic carbocycles. The Labute approximate surface area is 117 Å². The van der Waals surface area contributed by atoms with Crippen LogP contribution in [0.15, 0.2) is 44.8 Å². The van der Waals surface area contributed by atoms with Crippen LogP contribution in [0, 0.1) is 0 Å². The molecule has 1 N–H and O–H groups in total. The quantitative estimate of drug-likeness (QED) is 0.915. The van der Waals surface area contributed by atoms with Crippen molar-refractivity contribution in [2.24, 2.45) is 0 Å². The minimum atomic E-state index is -3.24. The van der Waals surface area contributed by atoms with Crippen LogP contribution in [0.25, 0.3) is 0 Å². The Morgan fingerprint density at radius 3 is 2.47 bits per heavy atom. The van der Waals surface area contributed by atoms with Gasteiger partial charge in [0.25, 0.3) is 5.56 Å². The number of H-pyrrole nitrogens is 1. The topological polar surface area (TPSA) is 89.1 Å². The van der Waals surface area contributed by atoms with Crippen molar-refractivity contribution in [3.63, 3.8) is 0 Å². The first kappa shape index (κ1) is 13.8. The molecule has 0 atom stereocenters. The molecule has 0 amide bonds. The Bertz CT molecular complexity index is 753. The smallest absolute Gasteiger partial charge is 0.268 e. The number of hydrogen-bond acceptors (Lipinski definition) is 5. The van der Waals surface area contributed by atoms with Gasteiger partial charge in [0.1, 0.15) is 10.2 Å². The molecule has 1 heterocycles. The van der Waals surface area contributed by atoms with Crippen molar-refractivity contribution in [3.05, 3.63) is 45.4 Å². The lowest BCUT2D eigenvalue weighted by Gasteiger charge is -2.06. The third kappa shape index (κ3) is 3.21. The number of ether oxygens (including phenoxy) is 1. The SMILES string of the molecule is CS(=O)(=O)c1ccc(Oc2nc[nH]c(=O)c2Br)cc1. The van der Waals surface area contributed by atoms with Crippen LogP contribution < -0.4 is 10.3 Å². The molecule has 8 heteroatoms. The Hall–Kier alpha value is -1.67. The molecule has 1 aromatic heterocycles. The monoisotopic (exact) mass is 344 g/mol. The maximum absolute atomic E-state index is 11.3. The van der Waals surface area contributed by atoms with E-state index in [2.05, 4.69) is 25.9 Å². The van der Waals surface area contributed by atoms with Crippen LogP contribution >= 0.6 is 15.9 Å². The van der Waals surface area contributed by atoms with E-state index in [0.717, 1.165) is 6.26 Å². The fraction of sp³-hybridized carbons (Fsp3) is 0.0909. The molecule has 0 saturated heterocycles. The Kier molecular flexibility index (Phi) is 3.72. The second-order valence-electron chi connectivity index (χ2n) is 3.70. The maximum atomic E-state index is 11.3. The van der Waals surface area contributed by atoms with Gasteiger partial charge in [-0.3, -0.25) is 4.79 Å². The summed E-state index contributed by atoms with van der Waals surface area (Å²) in [6.07, 6.45) is 2.34. The summed E-state index contributed by atoms with van der Waals surface area (Å²) in [6.45, 7) is 0. The summed E-state index contributed by atoms with van der Waals surface area (Å²) in [5, 5.41) is 0. The highest BCUT2D eigenvalue weighted by atomic mass is 79.9.